The zero-order valence-corrected chi connectivity index (χ0v) is 18.8. The lowest BCUT2D eigenvalue weighted by molar-refractivity contribution is -0.136. The second kappa shape index (κ2) is 7.47. The number of anilines is 1. The highest BCUT2D eigenvalue weighted by Crippen LogP contribution is 2.45. The second-order valence-electron chi connectivity index (χ2n) is 10.4. The van der Waals surface area contributed by atoms with Crippen LogP contribution in [-0.2, 0) is 22.6 Å². The van der Waals surface area contributed by atoms with E-state index in [1.165, 1.54) is 12.8 Å². The molecule has 0 bridgehead atoms. The third kappa shape index (κ3) is 3.44. The van der Waals surface area contributed by atoms with E-state index in [4.69, 9.17) is 4.98 Å². The van der Waals surface area contributed by atoms with Crippen LogP contribution in [0.4, 0.5) is 5.82 Å². The first-order valence-corrected chi connectivity index (χ1v) is 12.3. The molecule has 3 heterocycles. The largest absolute Gasteiger partial charge is 0.352 e. The van der Waals surface area contributed by atoms with Crippen molar-refractivity contribution in [3.8, 4) is 6.07 Å². The number of amides is 2. The molecule has 3 saturated carbocycles. The molecule has 32 heavy (non-hydrogen) atoms. The van der Waals surface area contributed by atoms with Gasteiger partial charge in [-0.05, 0) is 62.0 Å². The van der Waals surface area contributed by atoms with E-state index in [1.54, 1.807) is 6.92 Å². The fourth-order valence-corrected chi connectivity index (χ4v) is 5.68. The SMILES string of the molecule is CC(=O)N1CCc2c(C#N)c(N3CCN(C(=O)C4CC4)[C@H](C4CC4)C3)nc(C3CC3)c2C1. The number of aromatic nitrogens is 1. The Bertz CT molecular complexity index is 1020. The van der Waals surface area contributed by atoms with Crippen LogP contribution in [0.25, 0.3) is 0 Å². The first kappa shape index (κ1) is 20.0. The monoisotopic (exact) mass is 433 g/mol. The minimum absolute atomic E-state index is 0.0868. The summed E-state index contributed by atoms with van der Waals surface area (Å²) in [4.78, 5) is 36.4. The number of rotatable bonds is 4. The summed E-state index contributed by atoms with van der Waals surface area (Å²) < 4.78 is 0. The molecule has 2 aliphatic heterocycles. The van der Waals surface area contributed by atoms with E-state index >= 15 is 0 Å². The fraction of sp³-hybridized carbons (Fsp3) is 0.680. The maximum absolute atomic E-state index is 12.9. The average molecular weight is 434 g/mol. The molecule has 0 radical (unpaired) electrons. The number of carbonyl (C=O) groups excluding carboxylic acids is 2. The smallest absolute Gasteiger partial charge is 0.226 e. The summed E-state index contributed by atoms with van der Waals surface area (Å²) in [6, 6.07) is 2.73. The molecule has 2 amide bonds. The third-order valence-corrected chi connectivity index (χ3v) is 8.02. The highest BCUT2D eigenvalue weighted by molar-refractivity contribution is 5.82. The van der Waals surface area contributed by atoms with Gasteiger partial charge in [0.25, 0.3) is 0 Å². The molecule has 7 heteroatoms. The number of pyridine rings is 1. The third-order valence-electron chi connectivity index (χ3n) is 8.02. The summed E-state index contributed by atoms with van der Waals surface area (Å²) in [5.74, 6) is 2.57. The molecular weight excluding hydrogens is 402 g/mol. The van der Waals surface area contributed by atoms with E-state index in [0.29, 0.717) is 36.4 Å². The number of fused-ring (bicyclic) bond motifs is 1. The van der Waals surface area contributed by atoms with Crippen LogP contribution in [0.1, 0.15) is 73.8 Å². The van der Waals surface area contributed by atoms with Gasteiger partial charge >= 0.3 is 0 Å². The predicted molar refractivity (Wildman–Crippen MR) is 119 cm³/mol. The molecule has 0 spiro atoms. The Balaban J connectivity index is 1.35. The highest BCUT2D eigenvalue weighted by atomic mass is 16.2. The van der Waals surface area contributed by atoms with Crippen LogP contribution in [0.15, 0.2) is 0 Å². The minimum atomic E-state index is 0.0868. The van der Waals surface area contributed by atoms with Gasteiger partial charge in [0, 0.05) is 51.5 Å². The summed E-state index contributed by atoms with van der Waals surface area (Å²) in [7, 11) is 0. The van der Waals surface area contributed by atoms with Crippen molar-refractivity contribution < 1.29 is 9.59 Å². The summed E-state index contributed by atoms with van der Waals surface area (Å²) in [5, 5.41) is 10.2. The molecule has 1 atom stereocenters. The van der Waals surface area contributed by atoms with Crippen LogP contribution < -0.4 is 4.90 Å². The zero-order valence-electron chi connectivity index (χ0n) is 18.8. The lowest BCUT2D eigenvalue weighted by Gasteiger charge is -2.43. The van der Waals surface area contributed by atoms with Gasteiger partial charge in [0.05, 0.1) is 17.3 Å². The van der Waals surface area contributed by atoms with Crippen LogP contribution in [0.3, 0.4) is 0 Å². The van der Waals surface area contributed by atoms with Crippen molar-refractivity contribution in [2.75, 3.05) is 31.1 Å². The molecule has 4 fully saturated rings. The molecule has 7 nitrogen and oxygen atoms in total. The molecule has 5 aliphatic rings. The molecule has 0 aromatic carbocycles. The number of piperazine rings is 1. The molecule has 6 rings (SSSR count). The standard InChI is InChI=1S/C25H31N5O2/c1-15(31)28-9-8-19-20(12-26)24(27-23(17-4-5-17)21(19)13-28)29-10-11-30(25(32)18-6-7-18)22(14-29)16-2-3-16/h16-18,22H,2-11,13-14H2,1H3/t22-/m0/s1. The average Bonchev–Trinajstić information content (AvgIpc) is 3.66. The first-order valence-electron chi connectivity index (χ1n) is 12.3. The van der Waals surface area contributed by atoms with Gasteiger partial charge in [0.1, 0.15) is 11.9 Å². The van der Waals surface area contributed by atoms with Crippen molar-refractivity contribution in [1.29, 1.82) is 5.26 Å². The van der Waals surface area contributed by atoms with Gasteiger partial charge in [-0.25, -0.2) is 4.98 Å². The van der Waals surface area contributed by atoms with E-state index in [1.807, 2.05) is 4.90 Å². The van der Waals surface area contributed by atoms with Crippen molar-refractivity contribution >= 4 is 17.6 Å². The van der Waals surface area contributed by atoms with Crippen molar-refractivity contribution in [2.24, 2.45) is 11.8 Å². The Morgan fingerprint density at radius 1 is 1.03 bits per heavy atom. The van der Waals surface area contributed by atoms with Crippen molar-refractivity contribution in [3.05, 3.63) is 22.4 Å². The van der Waals surface area contributed by atoms with Gasteiger partial charge in [-0.1, -0.05) is 0 Å². The zero-order chi connectivity index (χ0) is 22.0. The lowest BCUT2D eigenvalue weighted by Crippen LogP contribution is -2.57. The van der Waals surface area contributed by atoms with Crippen molar-refractivity contribution in [2.45, 2.75) is 70.4 Å². The Morgan fingerprint density at radius 2 is 1.81 bits per heavy atom. The van der Waals surface area contributed by atoms with Crippen LogP contribution in [0, 0.1) is 23.2 Å². The van der Waals surface area contributed by atoms with Gasteiger partial charge in [0.15, 0.2) is 0 Å². The number of hydrogen-bond donors (Lipinski definition) is 0. The van der Waals surface area contributed by atoms with Crippen molar-refractivity contribution in [3.63, 3.8) is 0 Å². The molecule has 168 valence electrons. The molecule has 0 unspecified atom stereocenters. The van der Waals surface area contributed by atoms with Crippen LogP contribution >= 0.6 is 0 Å². The minimum Gasteiger partial charge on any atom is -0.352 e. The maximum atomic E-state index is 12.9. The van der Waals surface area contributed by atoms with Gasteiger partial charge in [-0.3, -0.25) is 9.59 Å². The van der Waals surface area contributed by atoms with E-state index in [9.17, 15) is 14.9 Å². The summed E-state index contributed by atoms with van der Waals surface area (Å²) in [5.41, 5.74) is 4.04. The van der Waals surface area contributed by atoms with E-state index in [0.717, 1.165) is 74.4 Å². The quantitative estimate of drug-likeness (QED) is 0.729. The maximum Gasteiger partial charge on any atom is 0.226 e. The topological polar surface area (TPSA) is 80.5 Å². The lowest BCUT2D eigenvalue weighted by atomic mass is 9.92. The molecule has 3 aliphatic carbocycles. The van der Waals surface area contributed by atoms with Gasteiger partial charge < -0.3 is 14.7 Å². The predicted octanol–water partition coefficient (Wildman–Crippen LogP) is 2.57. The second-order valence-corrected chi connectivity index (χ2v) is 10.4. The molecular formula is C25H31N5O2. The van der Waals surface area contributed by atoms with Crippen molar-refractivity contribution in [1.82, 2.24) is 14.8 Å². The summed E-state index contributed by atoms with van der Waals surface area (Å²) in [6.07, 6.45) is 7.48. The molecule has 1 aromatic rings. The van der Waals surface area contributed by atoms with Crippen LogP contribution in [0.2, 0.25) is 0 Å². The summed E-state index contributed by atoms with van der Waals surface area (Å²) >= 11 is 0. The normalized spacial score (nSPS) is 25.4. The molecule has 1 aromatic heterocycles. The van der Waals surface area contributed by atoms with Gasteiger partial charge in [-0.15, -0.1) is 0 Å². The number of nitriles is 1. The highest BCUT2D eigenvalue weighted by Gasteiger charge is 2.45. The Kier molecular flexibility index (Phi) is 4.67. The van der Waals surface area contributed by atoms with Crippen LogP contribution in [0.5, 0.6) is 0 Å². The molecule has 1 saturated heterocycles. The summed E-state index contributed by atoms with van der Waals surface area (Å²) in [6.45, 7) is 5.12. The van der Waals surface area contributed by atoms with Gasteiger partial charge in [-0.2, -0.15) is 5.26 Å². The number of nitrogens with zero attached hydrogens (tertiary/aromatic N) is 5. The Hall–Kier alpha value is -2.62. The molecule has 0 N–H and O–H groups in total. The Labute approximate surface area is 189 Å². The fourth-order valence-electron chi connectivity index (χ4n) is 5.68. The van der Waals surface area contributed by atoms with Crippen LogP contribution in [-0.4, -0.2) is 58.8 Å². The van der Waals surface area contributed by atoms with E-state index in [-0.39, 0.29) is 17.9 Å². The first-order chi connectivity index (χ1) is 15.5. The Morgan fingerprint density at radius 3 is 2.44 bits per heavy atom. The van der Waals surface area contributed by atoms with E-state index in [2.05, 4.69) is 15.9 Å². The number of carbonyl (C=O) groups is 2. The van der Waals surface area contributed by atoms with E-state index < -0.39 is 0 Å². The van der Waals surface area contributed by atoms with Gasteiger partial charge in [0.2, 0.25) is 11.8 Å². The number of hydrogen-bond acceptors (Lipinski definition) is 5.